The van der Waals surface area contributed by atoms with E-state index in [1.165, 1.54) is 11.8 Å². The van der Waals surface area contributed by atoms with Crippen molar-refractivity contribution < 1.29 is 19.1 Å². The fourth-order valence-corrected chi connectivity index (χ4v) is 8.83. The number of carbonyl (C=O) groups excluding carboxylic acids is 3. The SMILES string of the molecule is C=C[C@]1(C)C[C@@H](OC(=O)CSC(C)(C)CNC(=O)[C@H](C)C(C)C)[C@]2(C)[C@H](C)CC[C@]3(CCC(=O)[C@H]32)[C@@H](C)[C@@H]1C. The lowest BCUT2D eigenvalue weighted by atomic mass is 9.42. The highest BCUT2D eigenvalue weighted by Crippen LogP contribution is 2.69. The van der Waals surface area contributed by atoms with Crippen LogP contribution in [0, 0.1) is 51.8 Å². The maximum absolute atomic E-state index is 13.6. The molecule has 39 heavy (non-hydrogen) atoms. The Bertz CT molecular complexity index is 961. The molecule has 5 nitrogen and oxygen atoms in total. The second-order valence-electron chi connectivity index (χ2n) is 14.7. The van der Waals surface area contributed by atoms with Crippen LogP contribution in [-0.2, 0) is 19.1 Å². The zero-order chi connectivity index (χ0) is 29.6. The lowest BCUT2D eigenvalue weighted by molar-refractivity contribution is -0.196. The van der Waals surface area contributed by atoms with Gasteiger partial charge in [-0.25, -0.2) is 0 Å². The van der Waals surface area contributed by atoms with Crippen LogP contribution in [0.2, 0.25) is 0 Å². The Balaban J connectivity index is 1.82. The van der Waals surface area contributed by atoms with E-state index in [1.807, 2.05) is 20.8 Å². The van der Waals surface area contributed by atoms with Gasteiger partial charge in [-0.3, -0.25) is 14.4 Å². The monoisotopic (exact) mass is 561 g/mol. The molecule has 3 fully saturated rings. The fraction of sp³-hybridized carbons (Fsp3) is 0.848. The van der Waals surface area contributed by atoms with Crippen LogP contribution in [0.4, 0.5) is 0 Å². The molecule has 0 unspecified atom stereocenters. The second-order valence-corrected chi connectivity index (χ2v) is 16.4. The van der Waals surface area contributed by atoms with Gasteiger partial charge in [-0.15, -0.1) is 18.3 Å². The normalized spacial score (nSPS) is 39.4. The summed E-state index contributed by atoms with van der Waals surface area (Å²) in [6.07, 6.45) is 6.14. The summed E-state index contributed by atoms with van der Waals surface area (Å²) < 4.78 is 6.15. The molecule has 222 valence electrons. The van der Waals surface area contributed by atoms with Crippen molar-refractivity contribution in [2.24, 2.45) is 51.8 Å². The lowest BCUT2D eigenvalue weighted by Crippen LogP contribution is -2.61. The zero-order valence-electron chi connectivity index (χ0n) is 26.3. The maximum Gasteiger partial charge on any atom is 0.316 e. The van der Waals surface area contributed by atoms with E-state index in [2.05, 4.69) is 66.4 Å². The molecule has 6 heteroatoms. The van der Waals surface area contributed by atoms with Crippen molar-refractivity contribution in [3.05, 3.63) is 12.7 Å². The Kier molecular flexibility index (Phi) is 9.52. The van der Waals surface area contributed by atoms with E-state index in [9.17, 15) is 14.4 Å². The van der Waals surface area contributed by atoms with Gasteiger partial charge in [0.15, 0.2) is 0 Å². The summed E-state index contributed by atoms with van der Waals surface area (Å²) in [6.45, 7) is 26.3. The Hall–Kier alpha value is -1.30. The van der Waals surface area contributed by atoms with Gasteiger partial charge in [0.2, 0.25) is 5.91 Å². The number of rotatable bonds is 9. The number of amides is 1. The third kappa shape index (κ3) is 5.88. The van der Waals surface area contributed by atoms with Gasteiger partial charge in [0.25, 0.3) is 0 Å². The fourth-order valence-electron chi connectivity index (χ4n) is 8.08. The first-order chi connectivity index (χ1) is 17.9. The number of Topliss-reactive ketones (excluding diaryl/α,β-unsaturated/α-hetero) is 1. The molecule has 3 rings (SSSR count). The predicted molar refractivity (Wildman–Crippen MR) is 161 cm³/mol. The van der Waals surface area contributed by atoms with E-state index in [0.717, 1.165) is 19.3 Å². The van der Waals surface area contributed by atoms with E-state index >= 15 is 0 Å². The molecule has 0 saturated heterocycles. The van der Waals surface area contributed by atoms with Crippen LogP contribution in [0.3, 0.4) is 0 Å². The molecule has 0 aliphatic heterocycles. The number of ketones is 1. The van der Waals surface area contributed by atoms with Crippen molar-refractivity contribution in [1.82, 2.24) is 5.32 Å². The van der Waals surface area contributed by atoms with Gasteiger partial charge in [-0.1, -0.05) is 61.5 Å². The number of ether oxygens (including phenoxy) is 1. The summed E-state index contributed by atoms with van der Waals surface area (Å²) in [6, 6.07) is 0. The van der Waals surface area contributed by atoms with E-state index < -0.39 is 5.41 Å². The number of hydrogen-bond donors (Lipinski definition) is 1. The summed E-state index contributed by atoms with van der Waals surface area (Å²) in [5.41, 5.74) is -0.632. The molecule has 0 aromatic carbocycles. The van der Waals surface area contributed by atoms with Crippen LogP contribution in [0.25, 0.3) is 0 Å². The first-order valence-corrected chi connectivity index (χ1v) is 16.2. The standard InChI is InChI=1S/C33H55NO4S/c1-12-31(10)17-26(38-27(36)18-39-30(8,9)19-34-29(37)22(5)20(2)3)32(11)21(4)13-15-33(24(7)23(31)6)16-14-25(35)28(32)33/h12,20-24,26,28H,1,13-19H2,2-11H3,(H,34,37)/t21-,22-,23+,24+,26-,28+,31-,32+,33+/m1/s1. The second kappa shape index (κ2) is 11.5. The van der Waals surface area contributed by atoms with Gasteiger partial charge >= 0.3 is 5.97 Å². The summed E-state index contributed by atoms with van der Waals surface area (Å²) in [7, 11) is 0. The predicted octanol–water partition coefficient (Wildman–Crippen LogP) is 7.09. The van der Waals surface area contributed by atoms with Crippen molar-refractivity contribution in [1.29, 1.82) is 0 Å². The van der Waals surface area contributed by atoms with Crippen molar-refractivity contribution in [2.75, 3.05) is 12.3 Å². The van der Waals surface area contributed by atoms with Crippen molar-refractivity contribution in [2.45, 2.75) is 112 Å². The molecule has 9 atom stereocenters. The first-order valence-electron chi connectivity index (χ1n) is 15.2. The number of allylic oxidation sites excluding steroid dienone is 1. The molecule has 3 saturated carbocycles. The van der Waals surface area contributed by atoms with Gasteiger partial charge in [0, 0.05) is 35.0 Å². The molecule has 0 heterocycles. The quantitative estimate of drug-likeness (QED) is 0.240. The molecule has 3 aliphatic carbocycles. The molecule has 2 bridgehead atoms. The molecule has 0 aromatic rings. The summed E-state index contributed by atoms with van der Waals surface area (Å²) in [4.78, 5) is 39.6. The van der Waals surface area contributed by atoms with E-state index in [1.54, 1.807) is 0 Å². The van der Waals surface area contributed by atoms with Gasteiger partial charge in [-0.05, 0) is 74.0 Å². The van der Waals surface area contributed by atoms with Crippen LogP contribution in [0.5, 0.6) is 0 Å². The number of thioether (sulfide) groups is 1. The lowest BCUT2D eigenvalue weighted by Gasteiger charge is -2.62. The van der Waals surface area contributed by atoms with Crippen molar-refractivity contribution in [3.63, 3.8) is 0 Å². The minimum Gasteiger partial charge on any atom is -0.461 e. The number of hydrogen-bond acceptors (Lipinski definition) is 5. The van der Waals surface area contributed by atoms with Crippen LogP contribution in [0.1, 0.15) is 101 Å². The van der Waals surface area contributed by atoms with Gasteiger partial charge < -0.3 is 10.1 Å². The molecular weight excluding hydrogens is 506 g/mol. The highest BCUT2D eigenvalue weighted by atomic mass is 32.2. The van der Waals surface area contributed by atoms with Crippen LogP contribution >= 0.6 is 11.8 Å². The molecule has 0 spiro atoms. The van der Waals surface area contributed by atoms with Crippen molar-refractivity contribution in [3.8, 4) is 0 Å². The average Bonchev–Trinajstić information content (AvgIpc) is 3.24. The smallest absolute Gasteiger partial charge is 0.316 e. The van der Waals surface area contributed by atoms with Crippen LogP contribution < -0.4 is 5.32 Å². The minimum absolute atomic E-state index is 0.0326. The number of esters is 1. The molecular formula is C33H55NO4S. The van der Waals surface area contributed by atoms with Gasteiger partial charge in [0.1, 0.15) is 11.9 Å². The largest absolute Gasteiger partial charge is 0.461 e. The zero-order valence-corrected chi connectivity index (χ0v) is 27.1. The molecule has 1 amide bonds. The Morgan fingerprint density at radius 2 is 1.79 bits per heavy atom. The molecule has 1 N–H and O–H groups in total. The van der Waals surface area contributed by atoms with Gasteiger partial charge in [0.05, 0.1) is 5.75 Å². The summed E-state index contributed by atoms with van der Waals surface area (Å²) in [5, 5.41) is 3.06. The Morgan fingerprint density at radius 1 is 1.15 bits per heavy atom. The maximum atomic E-state index is 13.6. The third-order valence-electron chi connectivity index (χ3n) is 11.9. The minimum atomic E-state index is -0.401. The van der Waals surface area contributed by atoms with E-state index in [-0.39, 0.29) is 63.0 Å². The third-order valence-corrected chi connectivity index (χ3v) is 13.2. The summed E-state index contributed by atoms with van der Waals surface area (Å²) >= 11 is 1.52. The Labute approximate surface area is 242 Å². The molecule has 0 aromatic heterocycles. The van der Waals surface area contributed by atoms with Crippen LogP contribution in [0.15, 0.2) is 12.7 Å². The van der Waals surface area contributed by atoms with Gasteiger partial charge in [-0.2, -0.15) is 0 Å². The number of nitrogens with one attached hydrogen (secondary N) is 1. The topological polar surface area (TPSA) is 72.5 Å². The summed E-state index contributed by atoms with van der Waals surface area (Å²) in [5.74, 6) is 1.56. The van der Waals surface area contributed by atoms with E-state index in [4.69, 9.17) is 4.74 Å². The highest BCUT2D eigenvalue weighted by Gasteiger charge is 2.67. The molecule has 3 aliphatic rings. The number of carbonyl (C=O) groups is 3. The Morgan fingerprint density at radius 3 is 2.38 bits per heavy atom. The van der Waals surface area contributed by atoms with E-state index in [0.29, 0.717) is 37.0 Å². The average molecular weight is 562 g/mol. The highest BCUT2D eigenvalue weighted by molar-refractivity contribution is 8.01. The first kappa shape index (κ1) is 32.2. The van der Waals surface area contributed by atoms with Crippen LogP contribution in [-0.4, -0.2) is 40.8 Å². The molecule has 0 radical (unpaired) electrons. The van der Waals surface area contributed by atoms with Crippen molar-refractivity contribution >= 4 is 29.4 Å².